The molecule has 178 valence electrons. The number of non-ortho nitro benzene ring substituents is 1. The fraction of sp³-hybridized carbons (Fsp3) is 0.167. The number of nitro benzene ring substituents is 1. The van der Waals surface area contributed by atoms with Crippen molar-refractivity contribution in [3.8, 4) is 0 Å². The van der Waals surface area contributed by atoms with Crippen LogP contribution in [0.4, 0.5) is 5.69 Å². The normalized spacial score (nSPS) is 14.7. The summed E-state index contributed by atoms with van der Waals surface area (Å²) in [6.45, 7) is 0.713. The smallest absolute Gasteiger partial charge is 0.279 e. The minimum absolute atomic E-state index is 0.0359. The predicted molar refractivity (Wildman–Crippen MR) is 132 cm³/mol. The summed E-state index contributed by atoms with van der Waals surface area (Å²) in [5.74, 6) is -0.530. The lowest BCUT2D eigenvalue weighted by Crippen LogP contribution is -2.35. The van der Waals surface area contributed by atoms with Gasteiger partial charge >= 0.3 is 0 Å². The van der Waals surface area contributed by atoms with E-state index >= 15 is 0 Å². The molecule has 1 aliphatic rings. The molecule has 0 aliphatic carbocycles. The monoisotopic (exact) mass is 508 g/mol. The summed E-state index contributed by atoms with van der Waals surface area (Å²) in [5, 5.41) is 11.0. The Morgan fingerprint density at radius 3 is 2.49 bits per heavy atom. The third-order valence-corrected chi connectivity index (χ3v) is 8.99. The van der Waals surface area contributed by atoms with Crippen LogP contribution in [0.3, 0.4) is 0 Å². The van der Waals surface area contributed by atoms with Crippen LogP contribution in [0.1, 0.15) is 21.5 Å². The molecule has 11 heteroatoms. The molecule has 0 bridgehead atoms. The van der Waals surface area contributed by atoms with Crippen molar-refractivity contribution < 1.29 is 18.1 Å². The Kier molecular flexibility index (Phi) is 5.83. The summed E-state index contributed by atoms with van der Waals surface area (Å²) < 4.78 is 30.1. The number of rotatable bonds is 4. The van der Waals surface area contributed by atoms with E-state index in [1.807, 2.05) is 24.3 Å². The van der Waals surface area contributed by atoms with Crippen LogP contribution in [-0.4, -0.2) is 34.7 Å². The zero-order chi connectivity index (χ0) is 24.7. The molecule has 0 atom stereocenters. The van der Waals surface area contributed by atoms with Crippen molar-refractivity contribution in [3.05, 3.63) is 98.3 Å². The number of hydrogen-bond donors (Lipinski definition) is 0. The molecule has 1 aliphatic heterocycles. The van der Waals surface area contributed by atoms with Gasteiger partial charge in [-0.2, -0.15) is 9.30 Å². The van der Waals surface area contributed by atoms with E-state index < -0.39 is 20.9 Å². The highest BCUT2D eigenvalue weighted by molar-refractivity contribution is 7.89. The van der Waals surface area contributed by atoms with Gasteiger partial charge in [0.25, 0.3) is 11.6 Å². The van der Waals surface area contributed by atoms with Crippen LogP contribution in [0.5, 0.6) is 0 Å². The standard InChI is InChI=1S/C24H20N4O5S2/c1-26-21-11-8-19(28(30)31)14-22(21)34-24(26)25-23(29)17-6-9-20(10-7-17)35(32,33)27-13-12-16-4-2-3-5-18(16)15-27/h2-11,14H,12-13,15H2,1H3. The van der Waals surface area contributed by atoms with Crippen LogP contribution in [0.2, 0.25) is 0 Å². The number of carbonyl (C=O) groups excluding carboxylic acids is 1. The minimum atomic E-state index is -3.71. The van der Waals surface area contributed by atoms with Gasteiger partial charge in [0, 0.05) is 37.8 Å². The summed E-state index contributed by atoms with van der Waals surface area (Å²) in [4.78, 5) is 28.0. The van der Waals surface area contributed by atoms with Gasteiger partial charge in [0.05, 0.1) is 20.0 Å². The second kappa shape index (κ2) is 8.84. The van der Waals surface area contributed by atoms with Crippen molar-refractivity contribution >= 4 is 43.2 Å². The highest BCUT2D eigenvalue weighted by Crippen LogP contribution is 2.25. The third-order valence-electron chi connectivity index (χ3n) is 6.04. The van der Waals surface area contributed by atoms with Crippen LogP contribution in [0.25, 0.3) is 10.2 Å². The highest BCUT2D eigenvalue weighted by atomic mass is 32.2. The van der Waals surface area contributed by atoms with E-state index in [2.05, 4.69) is 4.99 Å². The zero-order valence-corrected chi connectivity index (χ0v) is 20.3. The van der Waals surface area contributed by atoms with Gasteiger partial charge in [0.2, 0.25) is 10.0 Å². The third kappa shape index (κ3) is 4.29. The number of carbonyl (C=O) groups is 1. The predicted octanol–water partition coefficient (Wildman–Crippen LogP) is 3.64. The van der Waals surface area contributed by atoms with Crippen molar-refractivity contribution in [1.29, 1.82) is 0 Å². The Bertz CT molecular complexity index is 1650. The van der Waals surface area contributed by atoms with Crippen LogP contribution in [0.15, 0.2) is 76.6 Å². The quantitative estimate of drug-likeness (QED) is 0.308. The van der Waals surface area contributed by atoms with E-state index in [0.717, 1.165) is 16.6 Å². The SMILES string of the molecule is Cn1c(=NC(=O)c2ccc(S(=O)(=O)N3CCc4ccccc4C3)cc2)sc2cc([N+](=O)[O-])ccc21. The molecule has 5 rings (SSSR count). The van der Waals surface area contributed by atoms with Crippen molar-refractivity contribution in [1.82, 2.24) is 8.87 Å². The fourth-order valence-corrected chi connectivity index (χ4v) is 6.56. The van der Waals surface area contributed by atoms with Crippen LogP contribution < -0.4 is 4.80 Å². The van der Waals surface area contributed by atoms with E-state index in [-0.39, 0.29) is 16.1 Å². The number of aromatic nitrogens is 1. The second-order valence-corrected chi connectivity index (χ2v) is 11.1. The van der Waals surface area contributed by atoms with Gasteiger partial charge < -0.3 is 4.57 Å². The second-order valence-electron chi connectivity index (χ2n) is 8.15. The van der Waals surface area contributed by atoms with Gasteiger partial charge in [-0.15, -0.1) is 0 Å². The summed E-state index contributed by atoms with van der Waals surface area (Å²) >= 11 is 1.17. The summed E-state index contributed by atoms with van der Waals surface area (Å²) in [6.07, 6.45) is 0.653. The molecule has 0 N–H and O–H groups in total. The molecule has 0 fully saturated rings. The molecule has 3 aromatic carbocycles. The first-order valence-electron chi connectivity index (χ1n) is 10.7. The molecule has 1 amide bonds. The maximum Gasteiger partial charge on any atom is 0.279 e. The largest absolute Gasteiger partial charge is 0.319 e. The molecule has 0 saturated carbocycles. The lowest BCUT2D eigenvalue weighted by atomic mass is 10.0. The number of fused-ring (bicyclic) bond motifs is 2. The van der Waals surface area contributed by atoms with Crippen molar-refractivity contribution in [2.45, 2.75) is 17.9 Å². The lowest BCUT2D eigenvalue weighted by molar-refractivity contribution is -0.384. The molecule has 0 saturated heterocycles. The van der Waals surface area contributed by atoms with Crippen molar-refractivity contribution in [3.63, 3.8) is 0 Å². The summed E-state index contributed by atoms with van der Waals surface area (Å²) in [5.41, 5.74) is 3.08. The molecular weight excluding hydrogens is 488 g/mol. The lowest BCUT2D eigenvalue weighted by Gasteiger charge is -2.28. The Labute approximate surface area is 204 Å². The molecule has 1 aromatic heterocycles. The van der Waals surface area contributed by atoms with E-state index in [9.17, 15) is 23.3 Å². The summed E-state index contributed by atoms with van der Waals surface area (Å²) in [6, 6.07) is 18.0. The molecule has 35 heavy (non-hydrogen) atoms. The molecule has 0 spiro atoms. The average molecular weight is 509 g/mol. The first-order chi connectivity index (χ1) is 16.7. The molecule has 9 nitrogen and oxygen atoms in total. The van der Waals surface area contributed by atoms with Gasteiger partial charge in [0.15, 0.2) is 4.80 Å². The van der Waals surface area contributed by atoms with E-state index in [1.165, 1.54) is 52.0 Å². The molecule has 4 aromatic rings. The molecule has 2 heterocycles. The van der Waals surface area contributed by atoms with E-state index in [0.29, 0.717) is 29.0 Å². The number of benzene rings is 3. The van der Waals surface area contributed by atoms with Gasteiger partial charge in [-0.05, 0) is 47.9 Å². The number of nitro groups is 1. The number of thiazole rings is 1. The Balaban J connectivity index is 1.40. The van der Waals surface area contributed by atoms with Crippen LogP contribution >= 0.6 is 11.3 Å². The Hall–Kier alpha value is -3.67. The van der Waals surface area contributed by atoms with E-state index in [1.54, 1.807) is 17.7 Å². The van der Waals surface area contributed by atoms with Crippen molar-refractivity contribution in [2.24, 2.45) is 12.0 Å². The molecule has 0 radical (unpaired) electrons. The average Bonchev–Trinajstić information content (AvgIpc) is 3.18. The number of nitrogens with zero attached hydrogens (tertiary/aromatic N) is 4. The van der Waals surface area contributed by atoms with Crippen LogP contribution in [-0.2, 0) is 30.0 Å². The van der Waals surface area contributed by atoms with Crippen molar-refractivity contribution in [2.75, 3.05) is 6.54 Å². The van der Waals surface area contributed by atoms with Gasteiger partial charge in [-0.25, -0.2) is 8.42 Å². The maximum atomic E-state index is 13.2. The topological polar surface area (TPSA) is 115 Å². The Morgan fingerprint density at radius 2 is 1.77 bits per heavy atom. The Morgan fingerprint density at radius 1 is 1.06 bits per heavy atom. The zero-order valence-electron chi connectivity index (χ0n) is 18.6. The minimum Gasteiger partial charge on any atom is -0.319 e. The number of hydrogen-bond acceptors (Lipinski definition) is 6. The van der Waals surface area contributed by atoms with Gasteiger partial charge in [-0.3, -0.25) is 14.9 Å². The first-order valence-corrected chi connectivity index (χ1v) is 13.0. The first kappa shape index (κ1) is 23.1. The summed E-state index contributed by atoms with van der Waals surface area (Å²) in [7, 11) is -1.98. The van der Waals surface area contributed by atoms with Gasteiger partial charge in [0.1, 0.15) is 0 Å². The van der Waals surface area contributed by atoms with Gasteiger partial charge in [-0.1, -0.05) is 35.6 Å². The highest BCUT2D eigenvalue weighted by Gasteiger charge is 2.28. The number of sulfonamides is 1. The maximum absolute atomic E-state index is 13.2. The fourth-order valence-electron chi connectivity index (χ4n) is 4.09. The molecule has 0 unspecified atom stereocenters. The van der Waals surface area contributed by atoms with E-state index in [4.69, 9.17) is 0 Å². The number of aryl methyl sites for hydroxylation is 1. The number of amides is 1. The van der Waals surface area contributed by atoms with Crippen LogP contribution in [0, 0.1) is 10.1 Å². The molecular formula is C24H20N4O5S2.